The molecule has 0 aromatic carbocycles. The molecule has 0 aromatic rings. The van der Waals surface area contributed by atoms with E-state index in [2.05, 4.69) is 0 Å². The first-order chi connectivity index (χ1) is 2.27. The van der Waals surface area contributed by atoms with Gasteiger partial charge in [0.25, 0.3) is 0 Å². The summed E-state index contributed by atoms with van der Waals surface area (Å²) in [6, 6.07) is 0. The van der Waals surface area contributed by atoms with Crippen molar-refractivity contribution < 1.29 is 11.3 Å². The number of hydrogen-bond acceptors (Lipinski definition) is 2. The smallest absolute Gasteiger partial charge is 0.0778 e. The zero-order valence-electron chi connectivity index (χ0n) is 4.94. The van der Waals surface area contributed by atoms with Gasteiger partial charge in [0.05, 0.1) is 6.26 Å². The molecule has 0 fully saturated rings. The Morgan fingerprint density at radius 1 is 1.43 bits per heavy atom. The van der Waals surface area contributed by atoms with Crippen molar-refractivity contribution in [3.8, 4) is 0 Å². The quantitative estimate of drug-likeness (QED) is 0.447. The largest absolute Gasteiger partial charge is 0.516 e. The standard InChI is InChI=1S/C4H8O.He.H3N/c1-4(2)3-5;;/h3,5H,1-2H3;;1H3. The van der Waals surface area contributed by atoms with Crippen LogP contribution in [0.25, 0.3) is 0 Å². The van der Waals surface area contributed by atoms with Crippen LogP contribution in [0.1, 0.15) is 13.8 Å². The van der Waals surface area contributed by atoms with Crippen molar-refractivity contribution in [1.82, 2.24) is 6.15 Å². The van der Waals surface area contributed by atoms with Crippen molar-refractivity contribution in [2.75, 3.05) is 0 Å². The van der Waals surface area contributed by atoms with Gasteiger partial charge in [-0.1, -0.05) is 0 Å². The number of allylic oxidation sites excluding steroid dienone is 1. The summed E-state index contributed by atoms with van der Waals surface area (Å²) in [4.78, 5) is 0. The van der Waals surface area contributed by atoms with Gasteiger partial charge in [-0.15, -0.1) is 0 Å². The molecule has 2 nitrogen and oxygen atoms in total. The maximum atomic E-state index is 7.98. The molecule has 0 aliphatic rings. The summed E-state index contributed by atoms with van der Waals surface area (Å²) in [5, 5.41) is 7.98. The van der Waals surface area contributed by atoms with Gasteiger partial charge in [0.1, 0.15) is 0 Å². The monoisotopic (exact) mass is 93.1 g/mol. The minimum atomic E-state index is 0. The molecule has 0 radical (unpaired) electrons. The van der Waals surface area contributed by atoms with E-state index >= 15 is 0 Å². The molecule has 4 N–H and O–H groups in total. The topological polar surface area (TPSA) is 55.2 Å². The molecule has 0 heterocycles. The van der Waals surface area contributed by atoms with Gasteiger partial charge < -0.3 is 11.3 Å². The Bertz CT molecular complexity index is 49.7. The molecule has 0 aromatic heterocycles. The van der Waals surface area contributed by atoms with Gasteiger partial charge in [-0.25, -0.2) is 0 Å². The van der Waals surface area contributed by atoms with Crippen molar-refractivity contribution >= 4 is 0 Å². The van der Waals surface area contributed by atoms with Gasteiger partial charge in [0, 0.05) is 6.15 Å². The van der Waals surface area contributed by atoms with Gasteiger partial charge in [-0.2, -0.15) is 0 Å². The molecule has 7 heavy (non-hydrogen) atoms. The first-order valence-electron chi connectivity index (χ1n) is 1.55. The Morgan fingerprint density at radius 2 is 1.57 bits per heavy atom. The Hall–Kier alpha value is -0.591. The summed E-state index contributed by atoms with van der Waals surface area (Å²) < 4.78 is 0. The van der Waals surface area contributed by atoms with Crippen LogP contribution in [0.3, 0.4) is 0 Å². The third-order valence-corrected chi connectivity index (χ3v) is 0.258. The first-order valence-corrected chi connectivity index (χ1v) is 1.55. The van der Waals surface area contributed by atoms with E-state index in [9.17, 15) is 0 Å². The molecule has 40 valence electrons. The zero-order valence-corrected chi connectivity index (χ0v) is 4.94. The maximum Gasteiger partial charge on any atom is 0.0778 e. The molecule has 0 bridgehead atoms. The maximum absolute atomic E-state index is 7.98. The van der Waals surface area contributed by atoms with Gasteiger partial charge in [-0.3, -0.25) is 0 Å². The van der Waals surface area contributed by atoms with Crippen LogP contribution in [0.2, 0.25) is 0 Å². The van der Waals surface area contributed by atoms with Crippen molar-refractivity contribution in [3.05, 3.63) is 11.8 Å². The molecule has 0 amide bonds. The van der Waals surface area contributed by atoms with Crippen LogP contribution in [0.15, 0.2) is 11.8 Å². The predicted molar refractivity (Wildman–Crippen MR) is 27.1 cm³/mol. The molecule has 0 unspecified atom stereocenters. The molecule has 0 aliphatic heterocycles. The Morgan fingerprint density at radius 3 is 1.57 bits per heavy atom. The summed E-state index contributed by atoms with van der Waals surface area (Å²) >= 11 is 0. The summed E-state index contributed by atoms with van der Waals surface area (Å²) in [7, 11) is 0. The molecular formula is C4H11HeNO. The second-order valence-electron chi connectivity index (χ2n) is 1.21. The summed E-state index contributed by atoms with van der Waals surface area (Å²) in [5.41, 5.74) is 0.935. The third-order valence-electron chi connectivity index (χ3n) is 0.258. The van der Waals surface area contributed by atoms with Gasteiger partial charge in [0.2, 0.25) is 0 Å². The number of rotatable bonds is 0. The Balaban J connectivity index is -0.0000000800. The van der Waals surface area contributed by atoms with Crippen LogP contribution >= 0.6 is 0 Å². The van der Waals surface area contributed by atoms with Crippen LogP contribution in [0.4, 0.5) is 0 Å². The average molecular weight is 93.1 g/mol. The predicted octanol–water partition coefficient (Wildman–Crippen LogP) is 1.63. The number of hydrogen-bond donors (Lipinski definition) is 2. The molecular weight excluding hydrogens is 82.1 g/mol. The van der Waals surface area contributed by atoms with E-state index in [0.29, 0.717) is 0 Å². The fourth-order valence-corrected chi connectivity index (χ4v) is 0. The molecule has 0 saturated carbocycles. The molecule has 0 atom stereocenters. The Labute approximate surface area is 44.2 Å². The molecule has 3 heteroatoms. The molecule has 0 spiro atoms. The number of aliphatic hydroxyl groups is 1. The summed E-state index contributed by atoms with van der Waals surface area (Å²) in [6.45, 7) is 3.67. The normalized spacial score (nSPS) is 4.86. The first kappa shape index (κ1) is 16.1. The van der Waals surface area contributed by atoms with Crippen LogP contribution < -0.4 is 6.15 Å². The van der Waals surface area contributed by atoms with E-state index in [0.717, 1.165) is 11.8 Å². The van der Waals surface area contributed by atoms with Gasteiger partial charge in [-0.05, 0) is 19.4 Å². The van der Waals surface area contributed by atoms with E-state index in [4.69, 9.17) is 5.11 Å². The Kier molecular flexibility index (Phi) is 20.9. The van der Waals surface area contributed by atoms with Crippen molar-refractivity contribution in [2.45, 2.75) is 13.8 Å². The van der Waals surface area contributed by atoms with E-state index in [-0.39, 0.29) is 12.3 Å². The summed E-state index contributed by atoms with van der Waals surface area (Å²) in [5.74, 6) is 0. The van der Waals surface area contributed by atoms with E-state index in [1.807, 2.05) is 13.8 Å². The van der Waals surface area contributed by atoms with Crippen LogP contribution in [-0.4, -0.2) is 5.11 Å². The average Bonchev–Trinajstić information content (AvgIpc) is 1.38. The van der Waals surface area contributed by atoms with Crippen LogP contribution in [0, 0.1) is 6.15 Å². The molecule has 0 aliphatic carbocycles. The zero-order chi connectivity index (χ0) is 4.28. The fraction of sp³-hybridized carbons (Fsp3) is 0.500. The fourth-order valence-electron chi connectivity index (χ4n) is 0. The van der Waals surface area contributed by atoms with Crippen molar-refractivity contribution in [3.63, 3.8) is 0 Å². The van der Waals surface area contributed by atoms with Gasteiger partial charge >= 0.3 is 0 Å². The van der Waals surface area contributed by atoms with Gasteiger partial charge in [0.15, 0.2) is 0 Å². The molecule has 0 saturated heterocycles. The minimum Gasteiger partial charge on any atom is -0.516 e. The minimum absolute atomic E-state index is 0. The van der Waals surface area contributed by atoms with E-state index < -0.39 is 0 Å². The second-order valence-corrected chi connectivity index (χ2v) is 1.21. The van der Waals surface area contributed by atoms with Crippen LogP contribution in [0.5, 0.6) is 0 Å². The third kappa shape index (κ3) is 31.7. The second kappa shape index (κ2) is 9.05. The van der Waals surface area contributed by atoms with E-state index in [1.54, 1.807) is 0 Å². The SMILES string of the molecule is CC(C)=CO.N.[He]. The van der Waals surface area contributed by atoms with E-state index in [1.165, 1.54) is 0 Å². The van der Waals surface area contributed by atoms with Crippen molar-refractivity contribution in [2.24, 2.45) is 0 Å². The summed E-state index contributed by atoms with van der Waals surface area (Å²) in [6.07, 6.45) is 1.08. The van der Waals surface area contributed by atoms with Crippen molar-refractivity contribution in [1.29, 1.82) is 0 Å². The molecule has 0 rings (SSSR count). The number of aliphatic hydroxyl groups excluding tert-OH is 1. The van der Waals surface area contributed by atoms with Crippen LogP contribution in [-0.2, 0) is 0 Å².